The van der Waals surface area contributed by atoms with Gasteiger partial charge >= 0.3 is 5.69 Å². The van der Waals surface area contributed by atoms with Gasteiger partial charge in [-0.3, -0.25) is 10.1 Å². The molecule has 0 aromatic carbocycles. The van der Waals surface area contributed by atoms with Crippen LogP contribution in [0.25, 0.3) is 0 Å². The fourth-order valence-electron chi connectivity index (χ4n) is 2.02. The van der Waals surface area contributed by atoms with E-state index in [4.69, 9.17) is 10.00 Å². The number of anilines is 1. The fraction of sp³-hybridized carbons (Fsp3) is 0.500. The molecule has 2 rings (SSSR count). The molecule has 7 nitrogen and oxygen atoms in total. The highest BCUT2D eigenvalue weighted by Crippen LogP contribution is 2.32. The van der Waals surface area contributed by atoms with Gasteiger partial charge in [0.25, 0.3) is 0 Å². The lowest BCUT2D eigenvalue weighted by Crippen LogP contribution is -2.41. The van der Waals surface area contributed by atoms with E-state index >= 15 is 0 Å². The van der Waals surface area contributed by atoms with Gasteiger partial charge in [-0.2, -0.15) is 5.26 Å². The van der Waals surface area contributed by atoms with Gasteiger partial charge in [0.05, 0.1) is 22.1 Å². The molecule has 7 heteroatoms. The van der Waals surface area contributed by atoms with Gasteiger partial charge in [-0.05, 0) is 20.3 Å². The minimum Gasteiger partial charge on any atom is -0.376 e. The predicted molar refractivity (Wildman–Crippen MR) is 67.7 cm³/mol. The topological polar surface area (TPSA) is 101 Å². The molecule has 1 fully saturated rings. The van der Waals surface area contributed by atoms with Gasteiger partial charge in [-0.1, -0.05) is 0 Å². The number of hydrogen-bond donors (Lipinski definition) is 1. The third-order valence-electron chi connectivity index (χ3n) is 3.48. The van der Waals surface area contributed by atoms with Crippen LogP contribution < -0.4 is 5.32 Å². The molecule has 1 aromatic rings. The second-order valence-corrected chi connectivity index (χ2v) is 4.77. The Morgan fingerprint density at radius 2 is 2.47 bits per heavy atom. The number of pyridine rings is 1. The van der Waals surface area contributed by atoms with Crippen molar-refractivity contribution >= 4 is 11.5 Å². The van der Waals surface area contributed by atoms with Crippen LogP contribution in [0.1, 0.15) is 25.8 Å². The van der Waals surface area contributed by atoms with Crippen LogP contribution in [0.5, 0.6) is 0 Å². The highest BCUT2D eigenvalue weighted by Gasteiger charge is 2.38. The summed E-state index contributed by atoms with van der Waals surface area (Å²) in [6, 6.07) is 3.06. The van der Waals surface area contributed by atoms with Crippen LogP contribution in [-0.4, -0.2) is 28.2 Å². The van der Waals surface area contributed by atoms with Crippen molar-refractivity contribution in [1.29, 1.82) is 5.26 Å². The molecule has 1 N–H and O–H groups in total. The minimum atomic E-state index is -0.542. The molecular formula is C12H14N4O3. The van der Waals surface area contributed by atoms with Crippen molar-refractivity contribution in [2.75, 3.05) is 11.9 Å². The van der Waals surface area contributed by atoms with Crippen molar-refractivity contribution < 1.29 is 9.66 Å². The Balaban J connectivity index is 2.35. The first kappa shape index (κ1) is 13.2. The second-order valence-electron chi connectivity index (χ2n) is 4.77. The number of hydrogen-bond acceptors (Lipinski definition) is 6. The smallest absolute Gasteiger partial charge is 0.312 e. The van der Waals surface area contributed by atoms with Crippen LogP contribution in [0.15, 0.2) is 12.3 Å². The molecular weight excluding hydrogens is 248 g/mol. The first-order chi connectivity index (χ1) is 8.96. The van der Waals surface area contributed by atoms with Gasteiger partial charge < -0.3 is 10.1 Å². The molecule has 0 bridgehead atoms. The SMILES string of the molecule is CC1OCCC1(C)Nc1ncc(C#N)cc1[N+](=O)[O-]. The van der Waals surface area contributed by atoms with Crippen LogP contribution in [0.3, 0.4) is 0 Å². The molecule has 2 unspecified atom stereocenters. The summed E-state index contributed by atoms with van der Waals surface area (Å²) in [4.78, 5) is 14.5. The van der Waals surface area contributed by atoms with E-state index in [0.717, 1.165) is 6.42 Å². The van der Waals surface area contributed by atoms with E-state index < -0.39 is 10.5 Å². The highest BCUT2D eigenvalue weighted by molar-refractivity contribution is 5.59. The molecule has 1 saturated heterocycles. The summed E-state index contributed by atoms with van der Waals surface area (Å²) >= 11 is 0. The number of nitrogens with zero attached hydrogens (tertiary/aromatic N) is 3. The van der Waals surface area contributed by atoms with Gasteiger partial charge in [0.15, 0.2) is 0 Å². The lowest BCUT2D eigenvalue weighted by Gasteiger charge is -2.29. The van der Waals surface area contributed by atoms with Crippen LogP contribution in [-0.2, 0) is 4.74 Å². The lowest BCUT2D eigenvalue weighted by molar-refractivity contribution is -0.384. The number of rotatable bonds is 3. The van der Waals surface area contributed by atoms with E-state index in [1.165, 1.54) is 12.3 Å². The average Bonchev–Trinajstić information content (AvgIpc) is 2.69. The van der Waals surface area contributed by atoms with Gasteiger partial charge in [-0.15, -0.1) is 0 Å². The predicted octanol–water partition coefficient (Wildman–Crippen LogP) is 1.84. The zero-order valence-electron chi connectivity index (χ0n) is 10.7. The Morgan fingerprint density at radius 1 is 1.74 bits per heavy atom. The molecule has 0 saturated carbocycles. The summed E-state index contributed by atoms with van der Waals surface area (Å²) in [6.45, 7) is 4.46. The van der Waals surface area contributed by atoms with Gasteiger partial charge in [0, 0.05) is 18.9 Å². The van der Waals surface area contributed by atoms with Crippen molar-refractivity contribution in [2.45, 2.75) is 31.9 Å². The van der Waals surface area contributed by atoms with Crippen molar-refractivity contribution in [3.8, 4) is 6.07 Å². The zero-order chi connectivity index (χ0) is 14.0. The summed E-state index contributed by atoms with van der Waals surface area (Å²) in [5.41, 5.74) is -0.427. The Bertz CT molecular complexity index is 554. The van der Waals surface area contributed by atoms with E-state index in [-0.39, 0.29) is 23.2 Å². The number of ether oxygens (including phenoxy) is 1. The van der Waals surface area contributed by atoms with E-state index in [1.54, 1.807) is 0 Å². The molecule has 100 valence electrons. The molecule has 2 heterocycles. The molecule has 1 aliphatic rings. The largest absolute Gasteiger partial charge is 0.376 e. The second kappa shape index (κ2) is 4.82. The van der Waals surface area contributed by atoms with E-state index in [1.807, 2.05) is 19.9 Å². The Labute approximate surface area is 110 Å². The van der Waals surface area contributed by atoms with Crippen LogP contribution in [0.2, 0.25) is 0 Å². The molecule has 0 amide bonds. The molecule has 19 heavy (non-hydrogen) atoms. The van der Waals surface area contributed by atoms with Gasteiger partial charge in [0.1, 0.15) is 6.07 Å². The third-order valence-corrected chi connectivity index (χ3v) is 3.48. The minimum absolute atomic E-state index is 0.0652. The van der Waals surface area contributed by atoms with Crippen molar-refractivity contribution in [1.82, 2.24) is 4.98 Å². The maximum absolute atomic E-state index is 11.0. The molecule has 0 radical (unpaired) electrons. The Hall–Kier alpha value is -2.20. The van der Waals surface area contributed by atoms with Crippen molar-refractivity contribution in [3.63, 3.8) is 0 Å². The van der Waals surface area contributed by atoms with E-state index in [2.05, 4.69) is 10.3 Å². The van der Waals surface area contributed by atoms with E-state index in [0.29, 0.717) is 6.61 Å². The number of nitriles is 1. The normalized spacial score (nSPS) is 25.8. The monoisotopic (exact) mass is 262 g/mol. The maximum atomic E-state index is 11.0. The highest BCUT2D eigenvalue weighted by atomic mass is 16.6. The third kappa shape index (κ3) is 2.48. The quantitative estimate of drug-likeness (QED) is 0.658. The van der Waals surface area contributed by atoms with Crippen molar-refractivity contribution in [3.05, 3.63) is 27.9 Å². The number of nitrogens with one attached hydrogen (secondary N) is 1. The van der Waals surface area contributed by atoms with Crippen LogP contribution in [0, 0.1) is 21.4 Å². The molecule has 0 spiro atoms. The first-order valence-electron chi connectivity index (χ1n) is 5.90. The Kier molecular flexibility index (Phi) is 3.36. The van der Waals surface area contributed by atoms with Crippen molar-refractivity contribution in [2.24, 2.45) is 0 Å². The lowest BCUT2D eigenvalue weighted by atomic mass is 9.94. The first-order valence-corrected chi connectivity index (χ1v) is 5.90. The fourth-order valence-corrected chi connectivity index (χ4v) is 2.02. The summed E-state index contributed by atoms with van der Waals surface area (Å²) in [7, 11) is 0. The summed E-state index contributed by atoms with van der Waals surface area (Å²) in [5, 5.41) is 22.9. The Morgan fingerprint density at radius 3 is 3.00 bits per heavy atom. The summed E-state index contributed by atoms with van der Waals surface area (Å²) in [6.07, 6.45) is 2.00. The average molecular weight is 262 g/mol. The molecule has 2 atom stereocenters. The molecule has 1 aromatic heterocycles. The number of aromatic nitrogens is 1. The maximum Gasteiger partial charge on any atom is 0.312 e. The van der Waals surface area contributed by atoms with Crippen LogP contribution >= 0.6 is 0 Å². The number of nitro groups is 1. The molecule has 1 aliphatic heterocycles. The van der Waals surface area contributed by atoms with Crippen LogP contribution in [0.4, 0.5) is 11.5 Å². The van der Waals surface area contributed by atoms with Gasteiger partial charge in [0.2, 0.25) is 5.82 Å². The summed E-state index contributed by atoms with van der Waals surface area (Å²) < 4.78 is 5.47. The standard InChI is InChI=1S/C12H14N4O3/c1-8-12(2,3-4-19-8)15-11-10(16(17)18)5-9(6-13)7-14-11/h5,7-8H,3-4H2,1-2H3,(H,14,15). The van der Waals surface area contributed by atoms with E-state index in [9.17, 15) is 10.1 Å². The zero-order valence-corrected chi connectivity index (χ0v) is 10.7. The molecule has 0 aliphatic carbocycles. The van der Waals surface area contributed by atoms with Gasteiger partial charge in [-0.25, -0.2) is 4.98 Å². The summed E-state index contributed by atoms with van der Waals surface area (Å²) in [5.74, 6) is 0.170.